The van der Waals surface area contributed by atoms with Crippen LogP contribution in [0.2, 0.25) is 0 Å². The Kier molecular flexibility index (Phi) is 7.65. The zero-order valence-electron chi connectivity index (χ0n) is 19.8. The molecule has 3 N–H and O–H groups in total. The molecule has 0 fully saturated rings. The molecule has 0 aliphatic carbocycles. The van der Waals surface area contributed by atoms with E-state index in [4.69, 9.17) is 0 Å². The van der Waals surface area contributed by atoms with E-state index in [0.29, 0.717) is 6.07 Å². The lowest BCUT2D eigenvalue weighted by Crippen LogP contribution is -2.16. The number of rotatable bonds is 8. The molecule has 0 aliphatic rings. The van der Waals surface area contributed by atoms with E-state index < -0.39 is 37.7 Å². The SMILES string of the molecule is O=C(Nc1ccc(S(=O)(=O)Nc2cccc(C(F)(F)F)c2)cc1)c1cccc(NS(=O)(=O)c2ccccc2)c1. The molecular formula is C26H20F3N3O5S2. The first-order chi connectivity index (χ1) is 18.3. The molecule has 4 aromatic rings. The van der Waals surface area contributed by atoms with Crippen molar-refractivity contribution in [2.45, 2.75) is 16.0 Å². The maximum atomic E-state index is 12.9. The average molecular weight is 576 g/mol. The van der Waals surface area contributed by atoms with E-state index in [-0.39, 0.29) is 32.4 Å². The topological polar surface area (TPSA) is 121 Å². The third kappa shape index (κ3) is 6.94. The summed E-state index contributed by atoms with van der Waals surface area (Å²) in [5, 5.41) is 2.58. The number of hydrogen-bond acceptors (Lipinski definition) is 5. The summed E-state index contributed by atoms with van der Waals surface area (Å²) in [6.07, 6.45) is -4.63. The molecule has 0 saturated carbocycles. The lowest BCUT2D eigenvalue weighted by molar-refractivity contribution is -0.137. The Morgan fingerprint density at radius 3 is 1.72 bits per heavy atom. The van der Waals surface area contributed by atoms with Crippen LogP contribution in [0.4, 0.5) is 30.2 Å². The largest absolute Gasteiger partial charge is 0.416 e. The molecule has 0 aromatic heterocycles. The molecule has 4 rings (SSSR count). The molecule has 0 radical (unpaired) electrons. The zero-order chi connectivity index (χ0) is 28.3. The Labute approximate surface area is 222 Å². The van der Waals surface area contributed by atoms with E-state index in [2.05, 4.69) is 14.8 Å². The van der Waals surface area contributed by atoms with Crippen molar-refractivity contribution in [1.29, 1.82) is 0 Å². The molecule has 0 atom stereocenters. The monoisotopic (exact) mass is 575 g/mol. The van der Waals surface area contributed by atoms with Crippen LogP contribution in [-0.4, -0.2) is 22.7 Å². The van der Waals surface area contributed by atoms with Crippen molar-refractivity contribution in [3.8, 4) is 0 Å². The number of sulfonamides is 2. The summed E-state index contributed by atoms with van der Waals surface area (Å²) in [5.74, 6) is -0.589. The summed E-state index contributed by atoms with van der Waals surface area (Å²) in [6.45, 7) is 0. The molecule has 0 spiro atoms. The van der Waals surface area contributed by atoms with Gasteiger partial charge in [-0.15, -0.1) is 0 Å². The minimum absolute atomic E-state index is 0.0532. The van der Waals surface area contributed by atoms with Crippen molar-refractivity contribution in [3.63, 3.8) is 0 Å². The normalized spacial score (nSPS) is 12.0. The van der Waals surface area contributed by atoms with E-state index in [0.717, 1.165) is 12.1 Å². The first kappa shape index (κ1) is 27.7. The third-order valence-corrected chi connectivity index (χ3v) is 8.09. The van der Waals surface area contributed by atoms with Gasteiger partial charge in [0.2, 0.25) is 0 Å². The van der Waals surface area contributed by atoms with Gasteiger partial charge in [-0.2, -0.15) is 13.2 Å². The molecule has 0 saturated heterocycles. The number of halogens is 3. The summed E-state index contributed by atoms with van der Waals surface area (Å²) < 4.78 is 93.6. The van der Waals surface area contributed by atoms with Crippen LogP contribution in [0.1, 0.15) is 15.9 Å². The predicted molar refractivity (Wildman–Crippen MR) is 140 cm³/mol. The van der Waals surface area contributed by atoms with Crippen molar-refractivity contribution in [1.82, 2.24) is 0 Å². The van der Waals surface area contributed by atoms with Crippen LogP contribution in [0.15, 0.2) is 113 Å². The van der Waals surface area contributed by atoms with E-state index in [1.807, 2.05) is 0 Å². The highest BCUT2D eigenvalue weighted by Gasteiger charge is 2.30. The third-order valence-electron chi connectivity index (χ3n) is 5.30. The van der Waals surface area contributed by atoms with Crippen LogP contribution in [0.3, 0.4) is 0 Å². The Morgan fingerprint density at radius 1 is 0.590 bits per heavy atom. The van der Waals surface area contributed by atoms with Crippen molar-refractivity contribution >= 4 is 43.0 Å². The van der Waals surface area contributed by atoms with Gasteiger partial charge in [-0.25, -0.2) is 16.8 Å². The van der Waals surface area contributed by atoms with Gasteiger partial charge in [-0.05, 0) is 72.8 Å². The van der Waals surface area contributed by atoms with Crippen LogP contribution in [-0.2, 0) is 26.2 Å². The lowest BCUT2D eigenvalue weighted by atomic mass is 10.2. The van der Waals surface area contributed by atoms with Crippen molar-refractivity contribution < 1.29 is 34.8 Å². The van der Waals surface area contributed by atoms with Crippen LogP contribution in [0.5, 0.6) is 0 Å². The summed E-state index contributed by atoms with van der Waals surface area (Å²) in [4.78, 5) is 12.5. The Morgan fingerprint density at radius 2 is 1.13 bits per heavy atom. The molecule has 0 unspecified atom stereocenters. The van der Waals surface area contributed by atoms with Gasteiger partial charge < -0.3 is 5.32 Å². The highest BCUT2D eigenvalue weighted by atomic mass is 32.2. The highest BCUT2D eigenvalue weighted by molar-refractivity contribution is 7.93. The first-order valence-corrected chi connectivity index (χ1v) is 14.1. The van der Waals surface area contributed by atoms with E-state index >= 15 is 0 Å². The van der Waals surface area contributed by atoms with Gasteiger partial charge in [0.15, 0.2) is 0 Å². The van der Waals surface area contributed by atoms with Gasteiger partial charge in [0, 0.05) is 22.6 Å². The second-order valence-corrected chi connectivity index (χ2v) is 11.5. The van der Waals surface area contributed by atoms with E-state index in [1.165, 1.54) is 66.7 Å². The van der Waals surface area contributed by atoms with Gasteiger partial charge in [-0.3, -0.25) is 14.2 Å². The maximum absolute atomic E-state index is 12.9. The minimum atomic E-state index is -4.63. The van der Waals surface area contributed by atoms with Crippen molar-refractivity contribution in [2.75, 3.05) is 14.8 Å². The van der Waals surface area contributed by atoms with Gasteiger partial charge in [0.25, 0.3) is 26.0 Å². The maximum Gasteiger partial charge on any atom is 0.416 e. The average Bonchev–Trinajstić information content (AvgIpc) is 2.89. The molecule has 1 amide bonds. The second kappa shape index (κ2) is 10.8. The number of amides is 1. The van der Waals surface area contributed by atoms with Crippen molar-refractivity contribution in [2.24, 2.45) is 0 Å². The van der Waals surface area contributed by atoms with Gasteiger partial charge in [-0.1, -0.05) is 30.3 Å². The number of nitrogens with one attached hydrogen (secondary N) is 3. The van der Waals surface area contributed by atoms with E-state index in [9.17, 15) is 34.8 Å². The van der Waals surface area contributed by atoms with Gasteiger partial charge in [0.05, 0.1) is 15.4 Å². The Balaban J connectivity index is 1.44. The van der Waals surface area contributed by atoms with Crippen LogP contribution in [0, 0.1) is 0 Å². The molecule has 0 heterocycles. The molecule has 4 aromatic carbocycles. The lowest BCUT2D eigenvalue weighted by Gasteiger charge is -2.12. The molecule has 13 heteroatoms. The van der Waals surface area contributed by atoms with Crippen molar-refractivity contribution in [3.05, 3.63) is 114 Å². The van der Waals surface area contributed by atoms with Crippen LogP contribution < -0.4 is 14.8 Å². The first-order valence-electron chi connectivity index (χ1n) is 11.1. The predicted octanol–water partition coefficient (Wildman–Crippen LogP) is 5.56. The molecule has 8 nitrogen and oxygen atoms in total. The standard InChI is InChI=1S/C26H20F3N3O5S2/c27-26(28,29)19-7-5-9-22(17-19)32-39(36,37)24-14-12-20(13-15-24)30-25(33)18-6-4-8-21(16-18)31-38(34,35)23-10-2-1-3-11-23/h1-17,31-32H,(H,30,33). The Hall–Kier alpha value is -4.36. The molecule has 0 aliphatic heterocycles. The molecule has 39 heavy (non-hydrogen) atoms. The fourth-order valence-corrected chi connectivity index (χ4v) is 5.55. The minimum Gasteiger partial charge on any atom is -0.322 e. The summed E-state index contributed by atoms with van der Waals surface area (Å²) in [6, 6.07) is 22.2. The van der Waals surface area contributed by atoms with E-state index in [1.54, 1.807) is 18.2 Å². The molecule has 202 valence electrons. The fraction of sp³-hybridized carbons (Fsp3) is 0.0385. The summed E-state index contributed by atoms with van der Waals surface area (Å²) in [7, 11) is -8.08. The van der Waals surface area contributed by atoms with Crippen LogP contribution >= 0.6 is 0 Å². The summed E-state index contributed by atoms with van der Waals surface area (Å²) >= 11 is 0. The zero-order valence-corrected chi connectivity index (χ0v) is 21.4. The fourth-order valence-electron chi connectivity index (χ4n) is 3.43. The molecule has 0 bridgehead atoms. The number of benzene rings is 4. The number of alkyl halides is 3. The molecular weight excluding hydrogens is 555 g/mol. The van der Waals surface area contributed by atoms with Gasteiger partial charge >= 0.3 is 6.18 Å². The number of hydrogen-bond donors (Lipinski definition) is 3. The number of anilines is 3. The smallest absolute Gasteiger partial charge is 0.322 e. The quantitative estimate of drug-likeness (QED) is 0.254. The van der Waals surface area contributed by atoms with Gasteiger partial charge in [0.1, 0.15) is 0 Å². The highest BCUT2D eigenvalue weighted by Crippen LogP contribution is 2.31. The van der Waals surface area contributed by atoms with Crippen LogP contribution in [0.25, 0.3) is 0 Å². The Bertz CT molecular complexity index is 1710. The number of carbonyl (C=O) groups is 1. The second-order valence-electron chi connectivity index (χ2n) is 8.16. The summed E-state index contributed by atoms with van der Waals surface area (Å²) in [5.41, 5.74) is -0.740. The number of carbonyl (C=O) groups excluding carboxylic acids is 1.